The topological polar surface area (TPSA) is 0 Å². The van der Waals surface area contributed by atoms with Crippen molar-refractivity contribution in [3.8, 4) is 0 Å². The number of allylic oxidation sites excluding steroid dienone is 18. The van der Waals surface area contributed by atoms with E-state index in [4.69, 9.17) is 0 Å². The molecule has 0 N–H and O–H groups in total. The van der Waals surface area contributed by atoms with Gasteiger partial charge in [0.15, 0.2) is 0 Å². The Kier molecular flexibility index (Phi) is 9.87. The van der Waals surface area contributed by atoms with Gasteiger partial charge in [0.1, 0.15) is 0 Å². The molecule has 0 saturated heterocycles. The second-order valence-electron chi connectivity index (χ2n) is 15.3. The zero-order chi connectivity index (χ0) is 37.8. The summed E-state index contributed by atoms with van der Waals surface area (Å²) in [7, 11) is 0. The molecule has 6 aromatic carbocycles. The second kappa shape index (κ2) is 15.7. The molecule has 3 aliphatic carbocycles. The Morgan fingerprint density at radius 3 is 1.39 bits per heavy atom. The SMILES string of the molecule is CC1C=CC(c2c3ccccc3c(C3=CC(c4ccccc4)=CC(C)C=C3)c3cc(C4=CC(c5ccccc5)=CCCC=C4)ccc23)=CC(c2ccccc2)=C1. The molecule has 0 nitrogen and oxygen atoms in total. The molecule has 0 radical (unpaired) electrons. The molecular weight excluding hydrogens is 673 g/mol. The number of rotatable bonds is 6. The van der Waals surface area contributed by atoms with Gasteiger partial charge in [0.25, 0.3) is 0 Å². The third-order valence-corrected chi connectivity index (χ3v) is 11.2. The van der Waals surface area contributed by atoms with Crippen LogP contribution in [0, 0.1) is 11.8 Å². The first-order valence-corrected chi connectivity index (χ1v) is 20.1. The van der Waals surface area contributed by atoms with Crippen LogP contribution in [0.3, 0.4) is 0 Å². The summed E-state index contributed by atoms with van der Waals surface area (Å²) in [4.78, 5) is 0. The number of fused-ring (bicyclic) bond motifs is 2. The van der Waals surface area contributed by atoms with Crippen LogP contribution in [0.15, 0.2) is 206 Å². The molecule has 9 rings (SSSR count). The smallest absolute Gasteiger partial charge is 0.00260 e. The average molecular weight is 719 g/mol. The quantitative estimate of drug-likeness (QED) is 0.150. The van der Waals surface area contributed by atoms with E-state index in [1.807, 2.05) is 0 Å². The van der Waals surface area contributed by atoms with Crippen molar-refractivity contribution in [2.75, 3.05) is 0 Å². The minimum Gasteiger partial charge on any atom is -0.0836 e. The minimum atomic E-state index is 0.297. The highest BCUT2D eigenvalue weighted by atomic mass is 14.2. The van der Waals surface area contributed by atoms with Gasteiger partial charge in [-0.3, -0.25) is 0 Å². The lowest BCUT2D eigenvalue weighted by molar-refractivity contribution is 0.945. The van der Waals surface area contributed by atoms with Crippen LogP contribution in [0.1, 0.15) is 60.1 Å². The first-order valence-electron chi connectivity index (χ1n) is 20.1. The van der Waals surface area contributed by atoms with Gasteiger partial charge in [-0.1, -0.05) is 196 Å². The van der Waals surface area contributed by atoms with Crippen LogP contribution in [-0.4, -0.2) is 0 Å². The fourth-order valence-corrected chi connectivity index (χ4v) is 8.46. The van der Waals surface area contributed by atoms with Crippen molar-refractivity contribution in [2.45, 2.75) is 26.7 Å². The molecule has 0 heteroatoms. The zero-order valence-electron chi connectivity index (χ0n) is 32.2. The summed E-state index contributed by atoms with van der Waals surface area (Å²) in [5.41, 5.74) is 14.9. The lowest BCUT2D eigenvalue weighted by atomic mass is 9.83. The monoisotopic (exact) mass is 718 g/mol. The fraction of sp³-hybridized carbons (Fsp3) is 0.107. The maximum absolute atomic E-state index is 2.47. The summed E-state index contributed by atoms with van der Waals surface area (Å²) in [6.07, 6.45) is 30.5. The fourth-order valence-electron chi connectivity index (χ4n) is 8.46. The first kappa shape index (κ1) is 35.2. The van der Waals surface area contributed by atoms with E-state index >= 15 is 0 Å². The molecule has 2 unspecified atom stereocenters. The molecule has 3 aliphatic rings. The first-order chi connectivity index (χ1) is 27.6. The molecular formula is C56H46. The Balaban J connectivity index is 1.34. The highest BCUT2D eigenvalue weighted by Crippen LogP contribution is 2.44. The molecule has 6 aromatic rings. The van der Waals surface area contributed by atoms with E-state index in [9.17, 15) is 0 Å². The van der Waals surface area contributed by atoms with Gasteiger partial charge in [-0.2, -0.15) is 0 Å². The van der Waals surface area contributed by atoms with Crippen molar-refractivity contribution in [3.05, 3.63) is 240 Å². The molecule has 0 fully saturated rings. The van der Waals surface area contributed by atoms with Gasteiger partial charge in [0.05, 0.1) is 0 Å². The normalized spacial score (nSPS) is 18.5. The Labute approximate surface area is 332 Å². The summed E-state index contributed by atoms with van der Waals surface area (Å²) >= 11 is 0. The lowest BCUT2D eigenvalue weighted by Crippen LogP contribution is -1.97. The van der Waals surface area contributed by atoms with E-state index in [2.05, 4.69) is 220 Å². The van der Waals surface area contributed by atoms with Crippen LogP contribution in [0.25, 0.3) is 55.0 Å². The third kappa shape index (κ3) is 7.19. The molecule has 0 saturated carbocycles. The minimum absolute atomic E-state index is 0.297. The Hall–Kier alpha value is -6.50. The van der Waals surface area contributed by atoms with E-state index in [1.165, 1.54) is 88.4 Å². The van der Waals surface area contributed by atoms with Gasteiger partial charge in [0, 0.05) is 0 Å². The van der Waals surface area contributed by atoms with Crippen LogP contribution in [0.4, 0.5) is 0 Å². The van der Waals surface area contributed by atoms with Crippen LogP contribution in [0.5, 0.6) is 0 Å². The summed E-state index contributed by atoms with van der Waals surface area (Å²) in [5.74, 6) is 0.602. The van der Waals surface area contributed by atoms with Crippen molar-refractivity contribution >= 4 is 55.0 Å². The van der Waals surface area contributed by atoms with Crippen LogP contribution < -0.4 is 0 Å². The Morgan fingerprint density at radius 2 is 0.839 bits per heavy atom. The van der Waals surface area contributed by atoms with Gasteiger partial charge in [0.2, 0.25) is 0 Å². The molecule has 0 bridgehead atoms. The van der Waals surface area contributed by atoms with Crippen molar-refractivity contribution in [1.82, 2.24) is 0 Å². The highest BCUT2D eigenvalue weighted by molar-refractivity contribution is 6.19. The van der Waals surface area contributed by atoms with E-state index in [-0.39, 0.29) is 0 Å². The Morgan fingerprint density at radius 1 is 0.375 bits per heavy atom. The summed E-state index contributed by atoms with van der Waals surface area (Å²) in [6, 6.07) is 48.7. The van der Waals surface area contributed by atoms with Gasteiger partial charge >= 0.3 is 0 Å². The highest BCUT2D eigenvalue weighted by Gasteiger charge is 2.21. The van der Waals surface area contributed by atoms with E-state index < -0.39 is 0 Å². The van der Waals surface area contributed by atoms with Crippen molar-refractivity contribution in [1.29, 1.82) is 0 Å². The van der Waals surface area contributed by atoms with Crippen molar-refractivity contribution in [3.63, 3.8) is 0 Å². The molecule has 0 spiro atoms. The average Bonchev–Trinajstić information content (AvgIpc) is 3.55. The molecule has 56 heavy (non-hydrogen) atoms. The molecule has 270 valence electrons. The maximum Gasteiger partial charge on any atom is -0.00260 e. The van der Waals surface area contributed by atoms with E-state index in [0.717, 1.165) is 12.8 Å². The molecule has 0 amide bonds. The zero-order valence-corrected chi connectivity index (χ0v) is 32.2. The van der Waals surface area contributed by atoms with Crippen LogP contribution in [0.2, 0.25) is 0 Å². The lowest BCUT2D eigenvalue weighted by Gasteiger charge is -2.20. The van der Waals surface area contributed by atoms with Gasteiger partial charge in [-0.25, -0.2) is 0 Å². The van der Waals surface area contributed by atoms with Crippen molar-refractivity contribution < 1.29 is 0 Å². The Bertz CT molecular complexity index is 2720. The van der Waals surface area contributed by atoms with Gasteiger partial charge < -0.3 is 0 Å². The van der Waals surface area contributed by atoms with E-state index in [0.29, 0.717) is 11.8 Å². The molecule has 0 aromatic heterocycles. The largest absolute Gasteiger partial charge is 0.0836 e. The summed E-state index contributed by atoms with van der Waals surface area (Å²) in [5, 5.41) is 5.03. The third-order valence-electron chi connectivity index (χ3n) is 11.2. The van der Waals surface area contributed by atoms with Crippen molar-refractivity contribution in [2.24, 2.45) is 11.8 Å². The molecule has 0 aliphatic heterocycles. The standard InChI is InChI=1S/C56H46/c1-39-27-29-47(36-49(33-39)42-19-9-4-10-20-42)55-51-25-15-16-26-52(51)56(48-30-28-40(2)34-50(37-48)43-21-11-5-12-22-43)54-38-46(31-32-53(54)55)45-24-14-6-13-23-44(35-45)41-17-7-3-8-18-41/h3-5,7-12,14-40H,6,13H2,1-2H3. The van der Waals surface area contributed by atoms with E-state index in [1.54, 1.807) is 0 Å². The van der Waals surface area contributed by atoms with Crippen LogP contribution in [-0.2, 0) is 0 Å². The number of hydrogen-bond donors (Lipinski definition) is 0. The summed E-state index contributed by atoms with van der Waals surface area (Å²) < 4.78 is 0. The number of benzene rings is 6. The summed E-state index contributed by atoms with van der Waals surface area (Å²) in [6.45, 7) is 4.56. The predicted octanol–water partition coefficient (Wildman–Crippen LogP) is 15.2. The van der Waals surface area contributed by atoms with Crippen LogP contribution >= 0.6 is 0 Å². The van der Waals surface area contributed by atoms with Gasteiger partial charge in [-0.05, 0) is 137 Å². The molecule has 2 atom stereocenters. The maximum atomic E-state index is 2.47. The van der Waals surface area contributed by atoms with Gasteiger partial charge in [-0.15, -0.1) is 0 Å². The molecule has 0 heterocycles. The number of hydrogen-bond acceptors (Lipinski definition) is 0. The predicted molar refractivity (Wildman–Crippen MR) is 244 cm³/mol. The second-order valence-corrected chi connectivity index (χ2v) is 15.3.